The highest BCUT2D eigenvalue weighted by Gasteiger charge is 2.29. The van der Waals surface area contributed by atoms with Crippen molar-refractivity contribution in [3.8, 4) is 0 Å². The van der Waals surface area contributed by atoms with E-state index in [-0.39, 0.29) is 5.76 Å². The smallest absolute Gasteiger partial charge is 0.419 e. The van der Waals surface area contributed by atoms with Crippen molar-refractivity contribution in [2.75, 3.05) is 0 Å². The van der Waals surface area contributed by atoms with Gasteiger partial charge in [-0.05, 0) is 34.0 Å². The average molecular weight is 385 g/mol. The predicted octanol–water partition coefficient (Wildman–Crippen LogP) is 4.69. The van der Waals surface area contributed by atoms with Crippen LogP contribution in [0, 0.1) is 0 Å². The second kappa shape index (κ2) is 6.02. The van der Waals surface area contributed by atoms with E-state index in [1.165, 1.54) is 6.08 Å². The van der Waals surface area contributed by atoms with Gasteiger partial charge in [-0.25, -0.2) is 0 Å². The van der Waals surface area contributed by atoms with Crippen LogP contribution in [-0.2, 0) is 4.74 Å². The van der Waals surface area contributed by atoms with E-state index in [2.05, 4.69) is 38.4 Å². The fraction of sp³-hybridized carbons (Fsp3) is 0.333. The van der Waals surface area contributed by atoms with Crippen LogP contribution in [-0.4, -0.2) is 6.11 Å². The number of alkyl halides is 2. The van der Waals surface area contributed by atoms with Crippen molar-refractivity contribution in [3.05, 3.63) is 44.7 Å². The van der Waals surface area contributed by atoms with Crippen molar-refractivity contribution < 1.29 is 13.5 Å². The number of allylic oxidation sites excluding steroid dienone is 4. The van der Waals surface area contributed by atoms with E-state index in [0.717, 1.165) is 10.1 Å². The largest absolute Gasteiger partial charge is 0.429 e. The molecular formula is C12H13Br2F2NO. The van der Waals surface area contributed by atoms with E-state index >= 15 is 0 Å². The molecular weight excluding hydrogens is 372 g/mol. The Kier molecular flexibility index (Phi) is 5.16. The van der Waals surface area contributed by atoms with Crippen LogP contribution in [0.2, 0.25) is 0 Å². The van der Waals surface area contributed by atoms with E-state index < -0.39 is 6.11 Å². The first-order valence-corrected chi connectivity index (χ1v) is 6.83. The van der Waals surface area contributed by atoms with Gasteiger partial charge in [0, 0.05) is 21.5 Å². The number of ether oxygens (including phenoxy) is 1. The van der Waals surface area contributed by atoms with Gasteiger partial charge in [-0.1, -0.05) is 29.4 Å². The Bertz CT molecular complexity index is 453. The molecule has 0 aromatic carbocycles. The molecule has 0 heterocycles. The number of halogens is 4. The second-order valence-electron chi connectivity index (χ2n) is 3.68. The van der Waals surface area contributed by atoms with Crippen molar-refractivity contribution in [1.82, 2.24) is 0 Å². The Labute approximate surface area is 122 Å². The highest BCUT2D eigenvalue weighted by molar-refractivity contribution is 9.12. The topological polar surface area (TPSA) is 35.2 Å². The maximum atomic E-state index is 13.2. The first-order chi connectivity index (χ1) is 8.30. The summed E-state index contributed by atoms with van der Waals surface area (Å²) in [6.45, 7) is 4.92. The molecule has 0 atom stereocenters. The number of hydrogen-bond acceptors (Lipinski definition) is 2. The average Bonchev–Trinajstić information content (AvgIpc) is 2.41. The van der Waals surface area contributed by atoms with Crippen LogP contribution >= 0.6 is 31.9 Å². The van der Waals surface area contributed by atoms with Crippen LogP contribution in [0.4, 0.5) is 8.78 Å². The Balaban J connectivity index is 3.18. The third-order valence-electron chi connectivity index (χ3n) is 2.43. The summed E-state index contributed by atoms with van der Waals surface area (Å²) in [7, 11) is 0. The zero-order valence-electron chi connectivity index (χ0n) is 9.77. The Morgan fingerprint density at radius 2 is 2.17 bits per heavy atom. The maximum Gasteiger partial charge on any atom is 0.419 e. The molecule has 0 aromatic rings. The minimum atomic E-state index is -3.40. The molecule has 0 fully saturated rings. The standard InChI is InChI=1S/C12H13Br2F2NO/c1-3-7-5-8(13)11(17)9(14)6-10(7)18-12(15,16)4-2/h4,6H,2-3,5,17H2,1H3. The molecule has 0 amide bonds. The SMILES string of the molecule is C=CC(F)(F)OC1=C(CC)CC(Br)=C(N)C(Br)=C1. The molecule has 0 spiro atoms. The summed E-state index contributed by atoms with van der Waals surface area (Å²) >= 11 is 6.57. The Morgan fingerprint density at radius 3 is 2.67 bits per heavy atom. The second-order valence-corrected chi connectivity index (χ2v) is 5.49. The monoisotopic (exact) mass is 383 g/mol. The molecule has 0 aliphatic heterocycles. The van der Waals surface area contributed by atoms with Crippen LogP contribution in [0.25, 0.3) is 0 Å². The molecule has 0 radical (unpaired) electrons. The summed E-state index contributed by atoms with van der Waals surface area (Å²) < 4.78 is 32.4. The van der Waals surface area contributed by atoms with E-state index in [0.29, 0.717) is 29.1 Å². The molecule has 0 saturated heterocycles. The summed E-state index contributed by atoms with van der Waals surface area (Å²) in [5.74, 6) is 0.117. The van der Waals surface area contributed by atoms with Gasteiger partial charge in [0.2, 0.25) is 0 Å². The summed E-state index contributed by atoms with van der Waals surface area (Å²) in [5.41, 5.74) is 7.04. The van der Waals surface area contributed by atoms with Crippen LogP contribution in [0.15, 0.2) is 44.7 Å². The molecule has 6 heteroatoms. The van der Waals surface area contributed by atoms with Crippen LogP contribution in [0.1, 0.15) is 19.8 Å². The van der Waals surface area contributed by atoms with E-state index in [9.17, 15) is 8.78 Å². The van der Waals surface area contributed by atoms with Gasteiger partial charge in [-0.3, -0.25) is 0 Å². The number of rotatable bonds is 4. The minimum absolute atomic E-state index is 0.117. The number of hydrogen-bond donors (Lipinski definition) is 1. The lowest BCUT2D eigenvalue weighted by Crippen LogP contribution is -2.17. The minimum Gasteiger partial charge on any atom is -0.429 e. The van der Waals surface area contributed by atoms with Crippen LogP contribution in [0.5, 0.6) is 0 Å². The lowest BCUT2D eigenvalue weighted by Gasteiger charge is -2.17. The third-order valence-corrected chi connectivity index (χ3v) is 3.80. The first-order valence-electron chi connectivity index (χ1n) is 5.24. The lowest BCUT2D eigenvalue weighted by molar-refractivity contribution is -0.170. The van der Waals surface area contributed by atoms with Crippen molar-refractivity contribution in [2.24, 2.45) is 5.73 Å². The summed E-state index contributed by atoms with van der Waals surface area (Å²) in [6.07, 6.45) is -0.450. The summed E-state index contributed by atoms with van der Waals surface area (Å²) in [4.78, 5) is 0. The van der Waals surface area contributed by atoms with E-state index in [1.54, 1.807) is 0 Å². The van der Waals surface area contributed by atoms with Crippen LogP contribution < -0.4 is 5.73 Å². The van der Waals surface area contributed by atoms with Crippen LogP contribution in [0.3, 0.4) is 0 Å². The van der Waals surface area contributed by atoms with Gasteiger partial charge in [-0.2, -0.15) is 8.78 Å². The van der Waals surface area contributed by atoms with Crippen molar-refractivity contribution in [3.63, 3.8) is 0 Å². The van der Waals surface area contributed by atoms with E-state index in [4.69, 9.17) is 10.5 Å². The summed E-state index contributed by atoms with van der Waals surface area (Å²) in [6, 6.07) is 0. The normalized spacial score (nSPS) is 17.5. The molecule has 1 rings (SSSR count). The van der Waals surface area contributed by atoms with Gasteiger partial charge in [-0.15, -0.1) is 0 Å². The molecule has 0 aromatic heterocycles. The molecule has 18 heavy (non-hydrogen) atoms. The molecule has 1 aliphatic carbocycles. The first kappa shape index (κ1) is 15.4. The molecule has 0 saturated carbocycles. The fourth-order valence-corrected chi connectivity index (χ4v) is 2.65. The quantitative estimate of drug-likeness (QED) is 0.713. The predicted molar refractivity (Wildman–Crippen MR) is 75.3 cm³/mol. The van der Waals surface area contributed by atoms with Gasteiger partial charge in [0.1, 0.15) is 5.76 Å². The zero-order chi connectivity index (χ0) is 13.9. The molecule has 0 unspecified atom stereocenters. The maximum absolute atomic E-state index is 13.2. The van der Waals surface area contributed by atoms with Gasteiger partial charge >= 0.3 is 6.11 Å². The van der Waals surface area contributed by atoms with E-state index in [1.807, 2.05) is 6.92 Å². The zero-order valence-corrected chi connectivity index (χ0v) is 12.9. The highest BCUT2D eigenvalue weighted by Crippen LogP contribution is 2.35. The van der Waals surface area contributed by atoms with Crippen molar-refractivity contribution >= 4 is 31.9 Å². The Morgan fingerprint density at radius 1 is 1.56 bits per heavy atom. The Hall–Kier alpha value is -0.620. The molecule has 0 bridgehead atoms. The van der Waals surface area contributed by atoms with Crippen molar-refractivity contribution in [2.45, 2.75) is 25.9 Å². The fourth-order valence-electron chi connectivity index (χ4n) is 1.38. The van der Waals surface area contributed by atoms with Gasteiger partial charge in [0.05, 0.1) is 5.70 Å². The summed E-state index contributed by atoms with van der Waals surface area (Å²) in [5, 5.41) is 0. The highest BCUT2D eigenvalue weighted by atomic mass is 79.9. The van der Waals surface area contributed by atoms with Gasteiger partial charge in [0.15, 0.2) is 0 Å². The lowest BCUT2D eigenvalue weighted by atomic mass is 10.1. The van der Waals surface area contributed by atoms with Crippen molar-refractivity contribution in [1.29, 1.82) is 0 Å². The third kappa shape index (κ3) is 3.68. The van der Waals surface area contributed by atoms with Gasteiger partial charge < -0.3 is 10.5 Å². The number of nitrogens with two attached hydrogens (primary N) is 1. The molecule has 1 aliphatic rings. The molecule has 2 nitrogen and oxygen atoms in total. The van der Waals surface area contributed by atoms with Gasteiger partial charge in [0.25, 0.3) is 0 Å². The molecule has 100 valence electrons. The molecule has 2 N–H and O–H groups in total.